The van der Waals surface area contributed by atoms with Crippen LogP contribution in [0.2, 0.25) is 0 Å². The average Bonchev–Trinajstić information content (AvgIpc) is 3.19. The van der Waals surface area contributed by atoms with Crippen LogP contribution < -0.4 is 10.5 Å². The summed E-state index contributed by atoms with van der Waals surface area (Å²) in [7, 11) is 0. The van der Waals surface area contributed by atoms with Gasteiger partial charge in [-0.25, -0.2) is 0 Å². The normalized spacial score (nSPS) is 13.6. The quantitative estimate of drug-likeness (QED) is 0.0312. The molecule has 53 heavy (non-hydrogen) atoms. The maximum atomic E-state index is 12.0. The first-order chi connectivity index (χ1) is 25.5. The summed E-state index contributed by atoms with van der Waals surface area (Å²) in [6.07, 6.45) is 9.92. The summed E-state index contributed by atoms with van der Waals surface area (Å²) in [6.45, 7) is 16.0. The minimum Gasteiger partial charge on any atom is -0.722 e. The van der Waals surface area contributed by atoms with Crippen molar-refractivity contribution in [3.63, 3.8) is 0 Å². The molecule has 0 spiro atoms. The van der Waals surface area contributed by atoms with Gasteiger partial charge >= 0.3 is 26.2 Å². The number of hydrogen-bond acceptors (Lipinski definition) is 10. The van der Waals surface area contributed by atoms with Crippen LogP contribution in [-0.2, 0) is 75.6 Å². The molecule has 0 aromatic heterocycles. The van der Waals surface area contributed by atoms with Crippen LogP contribution >= 0.6 is 0 Å². The maximum Gasteiger partial charge on any atom is 2.00 e. The topological polar surface area (TPSA) is 120 Å². The summed E-state index contributed by atoms with van der Waals surface area (Å²) >= 11 is 0. The van der Waals surface area contributed by atoms with Gasteiger partial charge in [0, 0.05) is 39.6 Å². The first kappa shape index (κ1) is 51.9. The van der Waals surface area contributed by atoms with Crippen molar-refractivity contribution in [2.45, 2.75) is 142 Å². The molecule has 0 bridgehead atoms. The third kappa shape index (κ3) is 19.6. The first-order valence-electron chi connectivity index (χ1n) is 19.8. The Hall–Kier alpha value is -1.08. The van der Waals surface area contributed by atoms with Gasteiger partial charge in [0.2, 0.25) is 0 Å². The predicted molar refractivity (Wildman–Crippen MR) is 201 cm³/mol. The number of hydrogen-bond donors (Lipinski definition) is 0. The van der Waals surface area contributed by atoms with Gasteiger partial charge < -0.3 is 48.7 Å². The smallest absolute Gasteiger partial charge is 0.722 e. The Bertz CT molecular complexity index is 949. The molecular weight excluding hydrogens is 756 g/mol. The standard InChI is InChI=1S/2C21H36O5.Zr/c2*1-4-7-15-23-18-21(26-22,19-13-11-10-12-14-19)20(24-16-8-5-2)25-17-9-6-3;/h2*10-14,20,22H,4-9,15-18H2,1-3H3;/q;;+2/p-2. The number of unbranched alkanes of at least 4 members (excludes halogenated alkanes) is 6. The Balaban J connectivity index is 0.00000100. The van der Waals surface area contributed by atoms with E-state index in [4.69, 9.17) is 38.2 Å². The van der Waals surface area contributed by atoms with E-state index in [0.717, 1.165) is 77.0 Å². The molecule has 2 unspecified atom stereocenters. The van der Waals surface area contributed by atoms with E-state index >= 15 is 0 Å². The van der Waals surface area contributed by atoms with Gasteiger partial charge in [-0.15, -0.1) is 0 Å². The van der Waals surface area contributed by atoms with Crippen molar-refractivity contribution in [1.29, 1.82) is 0 Å². The zero-order valence-electron chi connectivity index (χ0n) is 33.7. The second kappa shape index (κ2) is 34.2. The van der Waals surface area contributed by atoms with Gasteiger partial charge in [-0.3, -0.25) is 0 Å². The Morgan fingerprint density at radius 3 is 0.943 bits per heavy atom. The summed E-state index contributed by atoms with van der Waals surface area (Å²) in [5.74, 6) is 0. The third-order valence-corrected chi connectivity index (χ3v) is 8.57. The fourth-order valence-electron chi connectivity index (χ4n) is 5.15. The van der Waals surface area contributed by atoms with Crippen molar-refractivity contribution < 1.29 is 74.9 Å². The van der Waals surface area contributed by atoms with Crippen LogP contribution in [0.15, 0.2) is 60.7 Å². The predicted octanol–water partition coefficient (Wildman–Crippen LogP) is 7.90. The molecular formula is C42H70O10Zr. The van der Waals surface area contributed by atoms with Crippen molar-refractivity contribution in [3.05, 3.63) is 71.8 Å². The minimum atomic E-state index is -1.32. The van der Waals surface area contributed by atoms with Crippen LogP contribution in [0, 0.1) is 0 Å². The maximum absolute atomic E-state index is 12.0. The molecule has 0 aliphatic heterocycles. The van der Waals surface area contributed by atoms with E-state index in [1.807, 2.05) is 60.7 Å². The molecule has 2 atom stereocenters. The zero-order chi connectivity index (χ0) is 38.2. The molecule has 0 heterocycles. The zero-order valence-corrected chi connectivity index (χ0v) is 36.1. The number of benzene rings is 2. The minimum absolute atomic E-state index is 0. The molecule has 2 aromatic carbocycles. The molecule has 0 radical (unpaired) electrons. The number of ether oxygens (including phenoxy) is 6. The van der Waals surface area contributed by atoms with Crippen molar-refractivity contribution in [1.82, 2.24) is 0 Å². The molecule has 2 rings (SSSR count). The summed E-state index contributed by atoms with van der Waals surface area (Å²) < 4.78 is 35.5. The monoisotopic (exact) mass is 824 g/mol. The largest absolute Gasteiger partial charge is 2.00 e. The van der Waals surface area contributed by atoms with E-state index in [1.54, 1.807) is 0 Å². The molecule has 0 saturated heterocycles. The Morgan fingerprint density at radius 2 is 0.698 bits per heavy atom. The number of rotatable bonds is 32. The van der Waals surface area contributed by atoms with Crippen LogP contribution in [0.4, 0.5) is 0 Å². The van der Waals surface area contributed by atoms with Gasteiger partial charge in [0.15, 0.2) is 23.8 Å². The summed E-state index contributed by atoms with van der Waals surface area (Å²) in [5.41, 5.74) is -1.22. The van der Waals surface area contributed by atoms with Crippen LogP contribution in [0.3, 0.4) is 0 Å². The third-order valence-electron chi connectivity index (χ3n) is 8.57. The molecule has 0 amide bonds. The summed E-state index contributed by atoms with van der Waals surface area (Å²) in [4.78, 5) is 9.61. The van der Waals surface area contributed by atoms with Gasteiger partial charge in [0.25, 0.3) is 0 Å². The molecule has 0 fully saturated rings. The second-order valence-electron chi connectivity index (χ2n) is 13.1. The molecule has 0 aliphatic carbocycles. The van der Waals surface area contributed by atoms with Gasteiger partial charge in [-0.2, -0.15) is 0 Å². The van der Waals surface area contributed by atoms with E-state index in [-0.39, 0.29) is 39.4 Å². The molecule has 0 aliphatic rings. The van der Waals surface area contributed by atoms with Crippen molar-refractivity contribution in [2.75, 3.05) is 52.9 Å². The molecule has 2 aromatic rings. The van der Waals surface area contributed by atoms with Crippen molar-refractivity contribution in [3.8, 4) is 0 Å². The fourth-order valence-corrected chi connectivity index (χ4v) is 5.15. The van der Waals surface area contributed by atoms with E-state index in [0.29, 0.717) is 50.8 Å². The van der Waals surface area contributed by atoms with Crippen molar-refractivity contribution >= 4 is 0 Å². The average molecular weight is 826 g/mol. The Morgan fingerprint density at radius 1 is 0.434 bits per heavy atom. The van der Waals surface area contributed by atoms with E-state index in [9.17, 15) is 10.5 Å². The van der Waals surface area contributed by atoms with Crippen LogP contribution in [0.25, 0.3) is 0 Å². The Labute approximate surface area is 340 Å². The SMILES string of the molecule is CCCCOCC(O[O-])(c1ccccc1)C(OCCCC)OCCCC.CCCCOCC(O[O-])(c1ccccc1)C(OCCCC)OCCCC.[Zr+2]. The molecule has 11 heteroatoms. The first-order valence-corrected chi connectivity index (χ1v) is 19.8. The Kier molecular flexibility index (Phi) is 33.5. The molecule has 0 saturated carbocycles. The van der Waals surface area contributed by atoms with E-state index < -0.39 is 23.8 Å². The van der Waals surface area contributed by atoms with Gasteiger partial charge in [0.1, 0.15) is 0 Å². The van der Waals surface area contributed by atoms with Gasteiger partial charge in [0.05, 0.1) is 13.2 Å². The summed E-state index contributed by atoms with van der Waals surface area (Å²) in [6, 6.07) is 18.8. The van der Waals surface area contributed by atoms with Gasteiger partial charge in [-0.05, 0) is 49.7 Å². The molecule has 0 N–H and O–H groups in total. The van der Waals surface area contributed by atoms with Gasteiger partial charge in [-0.1, -0.05) is 141 Å². The molecule has 10 nitrogen and oxygen atoms in total. The molecule has 302 valence electrons. The second-order valence-corrected chi connectivity index (χ2v) is 13.1. The van der Waals surface area contributed by atoms with Crippen LogP contribution in [0.5, 0.6) is 0 Å². The van der Waals surface area contributed by atoms with Crippen LogP contribution in [-0.4, -0.2) is 65.4 Å². The van der Waals surface area contributed by atoms with Crippen LogP contribution in [0.1, 0.15) is 130 Å². The van der Waals surface area contributed by atoms with E-state index in [1.165, 1.54) is 0 Å². The van der Waals surface area contributed by atoms with E-state index in [2.05, 4.69) is 41.5 Å². The van der Waals surface area contributed by atoms with Crippen molar-refractivity contribution in [2.24, 2.45) is 0 Å². The fraction of sp³-hybridized carbons (Fsp3) is 0.714. The summed E-state index contributed by atoms with van der Waals surface area (Å²) in [5, 5.41) is 24.0.